The third-order valence-electron chi connectivity index (χ3n) is 5.95. The number of fused-ring (bicyclic) bond motifs is 1. The number of aliphatic hydroxyl groups is 1. The highest BCUT2D eigenvalue weighted by atomic mass is 19.4. The van der Waals surface area contributed by atoms with Crippen LogP contribution in [0.4, 0.5) is 19.0 Å². The molecule has 0 spiro atoms. The van der Waals surface area contributed by atoms with E-state index < -0.39 is 17.4 Å². The summed E-state index contributed by atoms with van der Waals surface area (Å²) in [6.07, 6.45) is 0.249. The minimum atomic E-state index is -4.56. The molecule has 4 rings (SSSR count). The first kappa shape index (κ1) is 20.7. The molecular weight excluding hydrogens is 395 g/mol. The van der Waals surface area contributed by atoms with E-state index in [0.29, 0.717) is 29.9 Å². The van der Waals surface area contributed by atoms with Gasteiger partial charge in [0.25, 0.3) is 0 Å². The fourth-order valence-corrected chi connectivity index (χ4v) is 4.36. The maximum Gasteiger partial charge on any atom is 0.416 e. The Morgan fingerprint density at radius 1 is 1.17 bits per heavy atom. The molecule has 0 amide bonds. The van der Waals surface area contributed by atoms with Crippen LogP contribution in [0.1, 0.15) is 49.3 Å². The quantitative estimate of drug-likeness (QED) is 0.674. The van der Waals surface area contributed by atoms with Gasteiger partial charge in [-0.3, -0.25) is 0 Å². The molecule has 2 aromatic rings. The predicted octanol–water partition coefficient (Wildman–Crippen LogP) is 4.63. The van der Waals surface area contributed by atoms with Crippen LogP contribution >= 0.6 is 0 Å². The fraction of sp³-hybridized carbons (Fsp3) is 0.455. The van der Waals surface area contributed by atoms with Crippen LogP contribution in [0.2, 0.25) is 0 Å². The summed E-state index contributed by atoms with van der Waals surface area (Å²) in [6, 6.07) is 3.94. The molecule has 1 aromatic carbocycles. The molecule has 0 aliphatic heterocycles. The number of allylic oxidation sites excluding steroid dienone is 1. The second-order valence-electron chi connectivity index (χ2n) is 8.52. The first-order valence-electron chi connectivity index (χ1n) is 10.0. The van der Waals surface area contributed by atoms with Crippen molar-refractivity contribution in [1.82, 2.24) is 10.2 Å². The highest BCUT2D eigenvalue weighted by Crippen LogP contribution is 2.41. The van der Waals surface area contributed by atoms with Crippen LogP contribution in [0.25, 0.3) is 16.8 Å². The number of anilines is 1. The van der Waals surface area contributed by atoms with Crippen molar-refractivity contribution in [1.29, 1.82) is 0 Å². The van der Waals surface area contributed by atoms with Crippen LogP contribution in [0.3, 0.4) is 0 Å². The second-order valence-corrected chi connectivity index (χ2v) is 8.52. The number of phenols is 1. The molecule has 1 heterocycles. The molecule has 1 aromatic heterocycles. The van der Waals surface area contributed by atoms with E-state index in [1.165, 1.54) is 12.1 Å². The minimum absolute atomic E-state index is 0.132. The molecule has 1 saturated carbocycles. The van der Waals surface area contributed by atoms with Crippen LogP contribution in [0, 0.1) is 0 Å². The van der Waals surface area contributed by atoms with Gasteiger partial charge < -0.3 is 15.5 Å². The zero-order chi connectivity index (χ0) is 21.7. The zero-order valence-electron chi connectivity index (χ0n) is 16.7. The second kappa shape index (κ2) is 7.27. The number of benzene rings is 1. The summed E-state index contributed by atoms with van der Waals surface area (Å²) in [7, 11) is 0. The Bertz CT molecular complexity index is 994. The van der Waals surface area contributed by atoms with Crippen molar-refractivity contribution in [2.75, 3.05) is 5.32 Å². The lowest BCUT2D eigenvalue weighted by Crippen LogP contribution is -2.48. The molecule has 2 aliphatic carbocycles. The van der Waals surface area contributed by atoms with Crippen LogP contribution in [-0.2, 0) is 12.8 Å². The Labute approximate surface area is 172 Å². The molecule has 0 bridgehead atoms. The van der Waals surface area contributed by atoms with Crippen molar-refractivity contribution in [3.8, 4) is 17.0 Å². The Balaban J connectivity index is 1.67. The van der Waals surface area contributed by atoms with Gasteiger partial charge in [0, 0.05) is 17.2 Å². The van der Waals surface area contributed by atoms with Crippen LogP contribution in [-0.4, -0.2) is 38.2 Å². The molecule has 8 heteroatoms. The van der Waals surface area contributed by atoms with Crippen molar-refractivity contribution >= 4 is 11.4 Å². The summed E-state index contributed by atoms with van der Waals surface area (Å²) in [5.41, 5.74) is 1.01. The van der Waals surface area contributed by atoms with Gasteiger partial charge in [0.05, 0.1) is 11.2 Å². The average molecular weight is 419 g/mol. The third kappa shape index (κ3) is 3.88. The number of aromatic hydroxyl groups is 1. The lowest BCUT2D eigenvalue weighted by Gasteiger charge is -2.41. The standard InChI is InChI=1S/C22H24F3N3O2/c1-12(22(23,24)25)13-7-8-17(18(29)9-13)19-15-5-3-4-6-16(15)20(28-27-19)26-14-10-21(2,30)11-14/h7-9,14,29-30H,1,3-6,10-11H2,2H3,(H,26,28). The molecule has 30 heavy (non-hydrogen) atoms. The van der Waals surface area contributed by atoms with Gasteiger partial charge in [0.15, 0.2) is 5.82 Å². The normalized spacial score (nSPS) is 23.4. The molecule has 0 radical (unpaired) electrons. The number of rotatable bonds is 4. The van der Waals surface area contributed by atoms with E-state index in [2.05, 4.69) is 22.1 Å². The smallest absolute Gasteiger partial charge is 0.416 e. The summed E-state index contributed by atoms with van der Waals surface area (Å²) >= 11 is 0. The van der Waals surface area contributed by atoms with E-state index in [1.807, 2.05) is 0 Å². The van der Waals surface area contributed by atoms with Gasteiger partial charge in [-0.15, -0.1) is 10.2 Å². The molecule has 1 fully saturated rings. The number of hydrogen-bond donors (Lipinski definition) is 3. The number of alkyl halides is 3. The van der Waals surface area contributed by atoms with E-state index >= 15 is 0 Å². The maximum atomic E-state index is 12.9. The SMILES string of the molecule is C=C(c1ccc(-c2nnc(NC3CC(C)(O)C3)c3c2CCCC3)c(O)c1)C(F)(F)F. The molecule has 3 N–H and O–H groups in total. The number of phenolic OH excluding ortho intramolecular Hbond substituents is 1. The van der Waals surface area contributed by atoms with Gasteiger partial charge in [-0.2, -0.15) is 13.2 Å². The molecule has 160 valence electrons. The highest BCUT2D eigenvalue weighted by Gasteiger charge is 2.39. The minimum Gasteiger partial charge on any atom is -0.507 e. The Hall–Kier alpha value is -2.61. The molecule has 0 unspecified atom stereocenters. The van der Waals surface area contributed by atoms with Crippen LogP contribution in [0.15, 0.2) is 24.8 Å². The van der Waals surface area contributed by atoms with E-state index in [4.69, 9.17) is 0 Å². The zero-order valence-corrected chi connectivity index (χ0v) is 16.7. The summed E-state index contributed by atoms with van der Waals surface area (Å²) in [4.78, 5) is 0. The fourth-order valence-electron chi connectivity index (χ4n) is 4.36. The van der Waals surface area contributed by atoms with Crippen molar-refractivity contribution in [3.63, 3.8) is 0 Å². The van der Waals surface area contributed by atoms with Crippen LogP contribution in [0.5, 0.6) is 5.75 Å². The summed E-state index contributed by atoms with van der Waals surface area (Å²) in [6.45, 7) is 4.88. The number of nitrogens with one attached hydrogen (secondary N) is 1. The Morgan fingerprint density at radius 3 is 2.43 bits per heavy atom. The largest absolute Gasteiger partial charge is 0.507 e. The number of halogens is 3. The van der Waals surface area contributed by atoms with Gasteiger partial charge in [0.1, 0.15) is 11.4 Å². The van der Waals surface area contributed by atoms with Crippen LogP contribution < -0.4 is 5.32 Å². The molecule has 2 aliphatic rings. The lowest BCUT2D eigenvalue weighted by molar-refractivity contribution is -0.0686. The summed E-state index contributed by atoms with van der Waals surface area (Å²) < 4.78 is 38.8. The number of hydrogen-bond acceptors (Lipinski definition) is 5. The third-order valence-corrected chi connectivity index (χ3v) is 5.95. The Kier molecular flexibility index (Phi) is 5.00. The molecule has 5 nitrogen and oxygen atoms in total. The molecule has 0 atom stereocenters. The van der Waals surface area contributed by atoms with Crippen molar-refractivity contribution in [2.45, 2.75) is 63.3 Å². The van der Waals surface area contributed by atoms with Crippen molar-refractivity contribution < 1.29 is 23.4 Å². The van der Waals surface area contributed by atoms with E-state index in [9.17, 15) is 23.4 Å². The first-order valence-corrected chi connectivity index (χ1v) is 10.0. The number of aromatic nitrogens is 2. The molecular formula is C22H24F3N3O2. The van der Waals surface area contributed by atoms with Crippen molar-refractivity contribution in [3.05, 3.63) is 41.5 Å². The maximum absolute atomic E-state index is 12.9. The van der Waals surface area contributed by atoms with Gasteiger partial charge in [-0.25, -0.2) is 0 Å². The van der Waals surface area contributed by atoms with Crippen molar-refractivity contribution in [2.24, 2.45) is 0 Å². The predicted molar refractivity (Wildman–Crippen MR) is 108 cm³/mol. The average Bonchev–Trinajstić information content (AvgIpc) is 2.66. The Morgan fingerprint density at radius 2 is 1.83 bits per heavy atom. The van der Waals surface area contributed by atoms with Gasteiger partial charge >= 0.3 is 6.18 Å². The van der Waals surface area contributed by atoms with Gasteiger partial charge in [0.2, 0.25) is 0 Å². The van der Waals surface area contributed by atoms with E-state index in [1.54, 1.807) is 6.92 Å². The summed E-state index contributed by atoms with van der Waals surface area (Å²) in [5.74, 6) is 0.409. The summed E-state index contributed by atoms with van der Waals surface area (Å²) in [5, 5.41) is 32.4. The highest BCUT2D eigenvalue weighted by molar-refractivity contribution is 5.77. The number of nitrogens with zero attached hydrogens (tertiary/aromatic N) is 2. The van der Waals surface area contributed by atoms with E-state index in [0.717, 1.165) is 42.9 Å². The monoisotopic (exact) mass is 419 g/mol. The van der Waals surface area contributed by atoms with Gasteiger partial charge in [-0.05, 0) is 68.7 Å². The van der Waals surface area contributed by atoms with Gasteiger partial charge in [-0.1, -0.05) is 12.6 Å². The van der Waals surface area contributed by atoms with E-state index in [-0.39, 0.29) is 17.4 Å². The first-order chi connectivity index (χ1) is 14.0. The molecule has 0 saturated heterocycles. The topological polar surface area (TPSA) is 78.3 Å². The lowest BCUT2D eigenvalue weighted by atomic mass is 9.77.